The number of nitrogens with zero attached hydrogens (tertiary/aromatic N) is 4. The van der Waals surface area contributed by atoms with Gasteiger partial charge in [-0.25, -0.2) is 9.97 Å². The molecule has 0 spiro atoms. The molecule has 2 amide bonds. The van der Waals surface area contributed by atoms with Crippen LogP contribution in [0.25, 0.3) is 17.3 Å². The van der Waals surface area contributed by atoms with Crippen LogP contribution < -0.4 is 20.3 Å². The Bertz CT molecular complexity index is 1570. The maximum absolute atomic E-state index is 11.8. The molecule has 2 saturated heterocycles. The molecule has 4 heterocycles. The predicted octanol–water partition coefficient (Wildman–Crippen LogP) is 5.66. The number of ether oxygens (including phenoxy) is 1. The molecule has 0 unspecified atom stereocenters. The van der Waals surface area contributed by atoms with Gasteiger partial charge >= 0.3 is 0 Å². The zero-order chi connectivity index (χ0) is 28.7. The number of aromatic nitrogens is 3. The van der Waals surface area contributed by atoms with Gasteiger partial charge in [-0.1, -0.05) is 24.3 Å². The molecule has 2 aromatic heterocycles. The molecular weight excluding hydrogens is 548 g/mol. The summed E-state index contributed by atoms with van der Waals surface area (Å²) in [4.78, 5) is 39.5. The largest absolute Gasteiger partial charge is 0.457 e. The van der Waals surface area contributed by atoms with Gasteiger partial charge in [0.2, 0.25) is 5.95 Å². The molecule has 0 bridgehead atoms. The third kappa shape index (κ3) is 7.02. The summed E-state index contributed by atoms with van der Waals surface area (Å²) in [5.74, 6) is 2.44. The molecule has 0 radical (unpaired) electrons. The summed E-state index contributed by atoms with van der Waals surface area (Å²) in [6.45, 7) is 3.44. The van der Waals surface area contributed by atoms with Crippen molar-refractivity contribution in [3.63, 3.8) is 0 Å². The average Bonchev–Trinajstić information content (AvgIpc) is 3.34. The van der Waals surface area contributed by atoms with Crippen LogP contribution in [0.2, 0.25) is 0 Å². The van der Waals surface area contributed by atoms with Crippen LogP contribution >= 0.6 is 11.8 Å². The molecule has 2 aliphatic heterocycles. The highest BCUT2D eigenvalue weighted by molar-refractivity contribution is 8.18. The number of hydrogen-bond donors (Lipinski definition) is 2. The number of imide groups is 1. The van der Waals surface area contributed by atoms with Gasteiger partial charge in [0.25, 0.3) is 11.1 Å². The third-order valence-electron chi connectivity index (χ3n) is 7.20. The van der Waals surface area contributed by atoms with E-state index in [-0.39, 0.29) is 11.1 Å². The van der Waals surface area contributed by atoms with E-state index in [4.69, 9.17) is 4.74 Å². The van der Waals surface area contributed by atoms with E-state index in [1.165, 1.54) is 0 Å². The zero-order valence-corrected chi connectivity index (χ0v) is 23.7. The highest BCUT2D eigenvalue weighted by Gasteiger charge is 2.25. The Labute approximate surface area is 248 Å². The highest BCUT2D eigenvalue weighted by atomic mass is 32.2. The summed E-state index contributed by atoms with van der Waals surface area (Å²) in [5, 5.41) is 5.49. The molecule has 9 nitrogen and oxygen atoms in total. The van der Waals surface area contributed by atoms with Gasteiger partial charge in [-0.3, -0.25) is 19.9 Å². The van der Waals surface area contributed by atoms with Gasteiger partial charge in [-0.2, -0.15) is 0 Å². The Hall–Kier alpha value is -4.54. The van der Waals surface area contributed by atoms with Crippen molar-refractivity contribution in [2.75, 3.05) is 24.5 Å². The molecule has 2 aliphatic rings. The van der Waals surface area contributed by atoms with E-state index in [2.05, 4.69) is 42.6 Å². The monoisotopic (exact) mass is 578 g/mol. The fourth-order valence-electron chi connectivity index (χ4n) is 4.93. The van der Waals surface area contributed by atoms with Gasteiger partial charge in [-0.15, -0.1) is 0 Å². The Morgan fingerprint density at radius 2 is 1.74 bits per heavy atom. The first kappa shape index (κ1) is 27.6. The van der Waals surface area contributed by atoms with Crippen LogP contribution in [0.4, 0.5) is 10.7 Å². The molecule has 2 N–H and O–H groups in total. The Morgan fingerprint density at radius 3 is 2.45 bits per heavy atom. The lowest BCUT2D eigenvalue weighted by molar-refractivity contribution is -0.115. The normalized spacial score (nSPS) is 16.6. The summed E-state index contributed by atoms with van der Waals surface area (Å²) >= 11 is 0.889. The predicted molar refractivity (Wildman–Crippen MR) is 164 cm³/mol. The Balaban J connectivity index is 0.949. The summed E-state index contributed by atoms with van der Waals surface area (Å²) in [5.41, 5.74) is 3.74. The maximum Gasteiger partial charge on any atom is 0.290 e. The third-order valence-corrected chi connectivity index (χ3v) is 8.01. The van der Waals surface area contributed by atoms with Crippen molar-refractivity contribution in [3.05, 3.63) is 101 Å². The van der Waals surface area contributed by atoms with Crippen LogP contribution in [0.1, 0.15) is 24.1 Å². The second kappa shape index (κ2) is 13.0. The van der Waals surface area contributed by atoms with Crippen LogP contribution in [0.15, 0.2) is 90.1 Å². The van der Waals surface area contributed by atoms with Crippen molar-refractivity contribution in [2.24, 2.45) is 5.92 Å². The molecule has 212 valence electrons. The summed E-state index contributed by atoms with van der Waals surface area (Å²) < 4.78 is 5.88. The lowest BCUT2D eigenvalue weighted by Crippen LogP contribution is -2.38. The number of hydrogen-bond acceptors (Lipinski definition) is 9. The van der Waals surface area contributed by atoms with Crippen molar-refractivity contribution in [2.45, 2.75) is 19.4 Å². The molecule has 2 aromatic carbocycles. The first-order valence-corrected chi connectivity index (χ1v) is 14.7. The van der Waals surface area contributed by atoms with Gasteiger partial charge in [0.1, 0.15) is 11.5 Å². The van der Waals surface area contributed by atoms with Gasteiger partial charge in [0.15, 0.2) is 0 Å². The number of benzene rings is 2. The van der Waals surface area contributed by atoms with Gasteiger partial charge in [-0.05, 0) is 97.2 Å². The number of nitrogens with one attached hydrogen (secondary N) is 2. The van der Waals surface area contributed by atoms with Crippen molar-refractivity contribution in [1.82, 2.24) is 25.6 Å². The minimum Gasteiger partial charge on any atom is -0.457 e. The topological polar surface area (TPSA) is 109 Å². The number of carbonyl (C=O) groups excluding carboxylic acids is 2. The van der Waals surface area contributed by atoms with E-state index in [1.54, 1.807) is 18.3 Å². The molecule has 2 fully saturated rings. The van der Waals surface area contributed by atoms with Crippen LogP contribution in [-0.2, 0) is 11.3 Å². The van der Waals surface area contributed by atoms with Crippen molar-refractivity contribution >= 4 is 34.9 Å². The molecule has 42 heavy (non-hydrogen) atoms. The Kier molecular flexibility index (Phi) is 8.53. The molecule has 0 saturated carbocycles. The number of rotatable bonds is 9. The lowest BCUT2D eigenvalue weighted by Gasteiger charge is -2.32. The number of anilines is 1. The number of para-hydroxylation sites is 1. The average molecular weight is 579 g/mol. The first-order chi connectivity index (χ1) is 20.6. The first-order valence-electron chi connectivity index (χ1n) is 13.9. The highest BCUT2D eigenvalue weighted by Crippen LogP contribution is 2.27. The lowest BCUT2D eigenvalue weighted by atomic mass is 9.97. The van der Waals surface area contributed by atoms with Crippen molar-refractivity contribution in [3.8, 4) is 22.8 Å². The number of pyridine rings is 1. The number of thioether (sulfide) groups is 1. The minimum atomic E-state index is -0.384. The molecule has 10 heteroatoms. The number of piperidine rings is 1. The van der Waals surface area contributed by atoms with E-state index >= 15 is 0 Å². The summed E-state index contributed by atoms with van der Waals surface area (Å²) in [7, 11) is 0. The summed E-state index contributed by atoms with van der Waals surface area (Å²) in [6.07, 6.45) is 7.33. The fourth-order valence-corrected chi connectivity index (χ4v) is 5.59. The van der Waals surface area contributed by atoms with E-state index in [0.29, 0.717) is 22.5 Å². The van der Waals surface area contributed by atoms with Crippen LogP contribution in [-0.4, -0.2) is 45.7 Å². The maximum atomic E-state index is 11.8. The van der Waals surface area contributed by atoms with E-state index in [1.807, 2.05) is 60.8 Å². The van der Waals surface area contributed by atoms with Gasteiger partial charge in [0.05, 0.1) is 16.3 Å². The standard InChI is InChI=1S/C32H30N6O3S/c39-30-29(42-32(40)37-30)18-25-12-15-34-31(36-25)38-16-13-22(14-17-38)19-33-20-23-6-11-28(35-21-23)24-7-9-27(10-8-24)41-26-4-2-1-3-5-26/h1-12,15,18,21-22,33H,13-14,16-17,19-20H2,(H,37,39,40). The SMILES string of the molecule is O=C1NC(=O)C(=Cc2ccnc(N3CCC(CNCc4ccc(-c5ccc(Oc6ccccc6)cc5)nc4)CC3)n2)S1. The zero-order valence-electron chi connectivity index (χ0n) is 22.9. The van der Waals surface area contributed by atoms with E-state index in [9.17, 15) is 9.59 Å². The quantitative estimate of drug-likeness (QED) is 0.243. The molecular formula is C32H30N6O3S. The molecule has 4 aromatic rings. The molecule has 0 atom stereocenters. The minimum absolute atomic E-state index is 0.350. The van der Waals surface area contributed by atoms with Gasteiger partial charge in [0, 0.05) is 37.6 Å². The molecule has 6 rings (SSSR count). The van der Waals surface area contributed by atoms with Crippen LogP contribution in [0, 0.1) is 5.92 Å². The second-order valence-electron chi connectivity index (χ2n) is 10.2. The smallest absolute Gasteiger partial charge is 0.290 e. The summed E-state index contributed by atoms with van der Waals surface area (Å²) in [6, 6.07) is 23.6. The number of carbonyl (C=O) groups is 2. The van der Waals surface area contributed by atoms with E-state index in [0.717, 1.165) is 79.1 Å². The van der Waals surface area contributed by atoms with Crippen molar-refractivity contribution < 1.29 is 14.3 Å². The fraction of sp³-hybridized carbons (Fsp3) is 0.219. The van der Waals surface area contributed by atoms with Crippen molar-refractivity contribution in [1.29, 1.82) is 0 Å². The second-order valence-corrected chi connectivity index (χ2v) is 11.2. The van der Waals surface area contributed by atoms with Gasteiger partial charge < -0.3 is 15.0 Å². The van der Waals surface area contributed by atoms with Crippen LogP contribution in [0.3, 0.4) is 0 Å². The number of amides is 2. The van der Waals surface area contributed by atoms with E-state index < -0.39 is 0 Å². The molecule has 0 aliphatic carbocycles. The Morgan fingerprint density at radius 1 is 0.952 bits per heavy atom. The van der Waals surface area contributed by atoms with Crippen LogP contribution in [0.5, 0.6) is 11.5 Å².